The number of halogens is 1. The van der Waals surface area contributed by atoms with Gasteiger partial charge >= 0.3 is 0 Å². The predicted octanol–water partition coefficient (Wildman–Crippen LogP) is 3.60. The van der Waals surface area contributed by atoms with Crippen LogP contribution in [0.4, 0.5) is 0 Å². The molecule has 3 nitrogen and oxygen atoms in total. The van der Waals surface area contributed by atoms with Gasteiger partial charge in [0.15, 0.2) is 0 Å². The van der Waals surface area contributed by atoms with Crippen LogP contribution >= 0.6 is 11.6 Å². The normalized spacial score (nSPS) is 10.2. The predicted molar refractivity (Wildman–Crippen MR) is 84.6 cm³/mol. The van der Waals surface area contributed by atoms with Crippen LogP contribution in [0, 0.1) is 0 Å². The van der Waals surface area contributed by atoms with Gasteiger partial charge in [-0.2, -0.15) is 0 Å². The number of hydrogen-bond donors (Lipinski definition) is 1. The maximum atomic E-state index is 12.0. The fourth-order valence-corrected chi connectivity index (χ4v) is 2.22. The Balaban J connectivity index is 1.94. The number of amides is 1. The monoisotopic (exact) mass is 303 g/mol. The van der Waals surface area contributed by atoms with Crippen molar-refractivity contribution in [2.45, 2.75) is 19.9 Å². The van der Waals surface area contributed by atoms with E-state index in [1.54, 1.807) is 6.07 Å². The molecule has 110 valence electrons. The summed E-state index contributed by atoms with van der Waals surface area (Å²) in [5, 5.41) is 3.51. The second-order valence-electron chi connectivity index (χ2n) is 4.59. The van der Waals surface area contributed by atoms with Gasteiger partial charge in [-0.1, -0.05) is 48.0 Å². The molecule has 0 saturated heterocycles. The van der Waals surface area contributed by atoms with Crippen LogP contribution in [0.5, 0.6) is 5.75 Å². The lowest BCUT2D eigenvalue weighted by Gasteiger charge is -2.11. The maximum Gasteiger partial charge on any atom is 0.224 e. The molecule has 0 aromatic heterocycles. The molecule has 2 aromatic rings. The zero-order valence-corrected chi connectivity index (χ0v) is 12.7. The zero-order valence-electron chi connectivity index (χ0n) is 11.9. The maximum absolute atomic E-state index is 12.0. The van der Waals surface area contributed by atoms with Crippen molar-refractivity contribution < 1.29 is 9.53 Å². The molecule has 2 rings (SSSR count). The van der Waals surface area contributed by atoms with Crippen molar-refractivity contribution in [2.24, 2.45) is 0 Å². The Bertz CT molecular complexity index is 613. The summed E-state index contributed by atoms with van der Waals surface area (Å²) in [6.07, 6.45) is 0.274. The van der Waals surface area contributed by atoms with Gasteiger partial charge in [-0.05, 0) is 24.6 Å². The van der Waals surface area contributed by atoms with Crippen LogP contribution in [0.25, 0.3) is 0 Å². The SMILES string of the molecule is CCOc1ccccc1CNC(=O)Cc1ccccc1Cl. The summed E-state index contributed by atoms with van der Waals surface area (Å²) in [6, 6.07) is 15.1. The smallest absolute Gasteiger partial charge is 0.224 e. The van der Waals surface area contributed by atoms with Gasteiger partial charge in [0.25, 0.3) is 0 Å². The van der Waals surface area contributed by atoms with E-state index in [0.717, 1.165) is 16.9 Å². The number of carbonyl (C=O) groups is 1. The molecule has 2 aromatic carbocycles. The fourth-order valence-electron chi connectivity index (χ4n) is 2.02. The van der Waals surface area contributed by atoms with E-state index in [-0.39, 0.29) is 12.3 Å². The van der Waals surface area contributed by atoms with Crippen LogP contribution in [0.3, 0.4) is 0 Å². The number of rotatable bonds is 6. The Morgan fingerprint density at radius 1 is 1.10 bits per heavy atom. The lowest BCUT2D eigenvalue weighted by atomic mass is 10.1. The van der Waals surface area contributed by atoms with Crippen molar-refractivity contribution in [2.75, 3.05) is 6.61 Å². The Hall–Kier alpha value is -2.00. The lowest BCUT2D eigenvalue weighted by Crippen LogP contribution is -2.25. The average Bonchev–Trinajstić information content (AvgIpc) is 2.49. The summed E-state index contributed by atoms with van der Waals surface area (Å²) in [5.41, 5.74) is 1.79. The summed E-state index contributed by atoms with van der Waals surface area (Å²) in [4.78, 5) is 12.0. The molecule has 0 radical (unpaired) electrons. The minimum Gasteiger partial charge on any atom is -0.494 e. The van der Waals surface area contributed by atoms with E-state index in [4.69, 9.17) is 16.3 Å². The Labute approximate surface area is 129 Å². The van der Waals surface area contributed by atoms with Gasteiger partial charge in [-0.15, -0.1) is 0 Å². The summed E-state index contributed by atoms with van der Waals surface area (Å²) < 4.78 is 5.53. The quantitative estimate of drug-likeness (QED) is 0.885. The molecule has 0 atom stereocenters. The number of benzene rings is 2. The molecule has 0 aliphatic heterocycles. The van der Waals surface area contributed by atoms with E-state index in [1.807, 2.05) is 49.4 Å². The van der Waals surface area contributed by atoms with Crippen LogP contribution in [0.1, 0.15) is 18.1 Å². The van der Waals surface area contributed by atoms with Gasteiger partial charge in [0.05, 0.1) is 13.0 Å². The van der Waals surface area contributed by atoms with Crippen LogP contribution in [-0.4, -0.2) is 12.5 Å². The van der Waals surface area contributed by atoms with Crippen molar-refractivity contribution in [1.82, 2.24) is 5.32 Å². The van der Waals surface area contributed by atoms with E-state index < -0.39 is 0 Å². The highest BCUT2D eigenvalue weighted by atomic mass is 35.5. The first-order valence-corrected chi connectivity index (χ1v) is 7.29. The number of nitrogens with one attached hydrogen (secondary N) is 1. The third-order valence-corrected chi connectivity index (χ3v) is 3.43. The molecule has 4 heteroatoms. The molecule has 0 heterocycles. The van der Waals surface area contributed by atoms with Crippen molar-refractivity contribution in [3.05, 3.63) is 64.7 Å². The topological polar surface area (TPSA) is 38.3 Å². The number of ether oxygens (including phenoxy) is 1. The molecule has 0 aliphatic rings. The van der Waals surface area contributed by atoms with Crippen molar-refractivity contribution in [1.29, 1.82) is 0 Å². The molecular formula is C17H18ClNO2. The second-order valence-corrected chi connectivity index (χ2v) is 4.99. The molecule has 21 heavy (non-hydrogen) atoms. The number of para-hydroxylation sites is 1. The summed E-state index contributed by atoms with van der Waals surface area (Å²) >= 11 is 6.05. The van der Waals surface area contributed by atoms with Crippen LogP contribution in [0.15, 0.2) is 48.5 Å². The van der Waals surface area contributed by atoms with Gasteiger partial charge in [0.1, 0.15) is 5.75 Å². The Kier molecular flexibility index (Phi) is 5.64. The third-order valence-electron chi connectivity index (χ3n) is 3.06. The lowest BCUT2D eigenvalue weighted by molar-refractivity contribution is -0.120. The molecule has 0 bridgehead atoms. The molecule has 0 aliphatic carbocycles. The van der Waals surface area contributed by atoms with E-state index >= 15 is 0 Å². The summed E-state index contributed by atoms with van der Waals surface area (Å²) in [6.45, 7) is 2.98. The molecule has 0 unspecified atom stereocenters. The van der Waals surface area contributed by atoms with Crippen molar-refractivity contribution >= 4 is 17.5 Å². The minimum absolute atomic E-state index is 0.0607. The summed E-state index contributed by atoms with van der Waals surface area (Å²) in [5.74, 6) is 0.743. The van der Waals surface area contributed by atoms with Gasteiger partial charge in [-0.25, -0.2) is 0 Å². The van der Waals surface area contributed by atoms with Crippen LogP contribution in [0.2, 0.25) is 5.02 Å². The third kappa shape index (κ3) is 4.50. The molecule has 1 amide bonds. The fraction of sp³-hybridized carbons (Fsp3) is 0.235. The molecular weight excluding hydrogens is 286 g/mol. The molecule has 0 spiro atoms. The van der Waals surface area contributed by atoms with Gasteiger partial charge < -0.3 is 10.1 Å². The van der Waals surface area contributed by atoms with Crippen molar-refractivity contribution in [3.8, 4) is 5.75 Å². The largest absolute Gasteiger partial charge is 0.494 e. The van der Waals surface area contributed by atoms with E-state index in [1.165, 1.54) is 0 Å². The Morgan fingerprint density at radius 3 is 2.48 bits per heavy atom. The first kappa shape index (κ1) is 15.4. The van der Waals surface area contributed by atoms with E-state index in [9.17, 15) is 4.79 Å². The first-order chi connectivity index (χ1) is 10.2. The average molecular weight is 304 g/mol. The highest BCUT2D eigenvalue weighted by Crippen LogP contribution is 2.18. The number of carbonyl (C=O) groups excluding carboxylic acids is 1. The molecule has 1 N–H and O–H groups in total. The van der Waals surface area contributed by atoms with E-state index in [0.29, 0.717) is 18.2 Å². The zero-order chi connectivity index (χ0) is 15.1. The Morgan fingerprint density at radius 2 is 1.76 bits per heavy atom. The van der Waals surface area contributed by atoms with E-state index in [2.05, 4.69) is 5.32 Å². The highest BCUT2D eigenvalue weighted by Gasteiger charge is 2.08. The van der Waals surface area contributed by atoms with Gasteiger partial charge in [0, 0.05) is 17.1 Å². The van der Waals surface area contributed by atoms with Gasteiger partial charge in [0.2, 0.25) is 5.91 Å². The highest BCUT2D eigenvalue weighted by molar-refractivity contribution is 6.31. The number of hydrogen-bond acceptors (Lipinski definition) is 2. The first-order valence-electron chi connectivity index (χ1n) is 6.91. The molecule has 0 fully saturated rings. The van der Waals surface area contributed by atoms with Crippen LogP contribution in [-0.2, 0) is 17.8 Å². The van der Waals surface area contributed by atoms with Crippen molar-refractivity contribution in [3.63, 3.8) is 0 Å². The van der Waals surface area contributed by atoms with Crippen LogP contribution < -0.4 is 10.1 Å². The second kappa shape index (κ2) is 7.70. The minimum atomic E-state index is -0.0607. The molecule has 0 saturated carbocycles. The standard InChI is InChI=1S/C17H18ClNO2/c1-2-21-16-10-6-4-8-14(16)12-19-17(20)11-13-7-3-5-9-15(13)18/h3-10H,2,11-12H2,1H3,(H,19,20). The summed E-state index contributed by atoms with van der Waals surface area (Å²) in [7, 11) is 0. The van der Waals surface area contributed by atoms with Gasteiger partial charge in [-0.3, -0.25) is 4.79 Å².